The molecular weight excluding hydrogens is 254 g/mol. The number of nitrogens with one attached hydrogen (secondary N) is 1. The zero-order valence-electron chi connectivity index (χ0n) is 12.4. The summed E-state index contributed by atoms with van der Waals surface area (Å²) in [6.45, 7) is 8.06. The summed E-state index contributed by atoms with van der Waals surface area (Å²) in [7, 11) is 0. The molecule has 2 aromatic heterocycles. The summed E-state index contributed by atoms with van der Waals surface area (Å²) < 4.78 is 1.98. The van der Waals surface area contributed by atoms with Crippen molar-refractivity contribution >= 4 is 17.3 Å². The van der Waals surface area contributed by atoms with Crippen LogP contribution in [0.2, 0.25) is 0 Å². The Morgan fingerprint density at radius 1 is 1.45 bits per heavy atom. The Kier molecular flexibility index (Phi) is 4.79. The van der Waals surface area contributed by atoms with Crippen LogP contribution in [-0.4, -0.2) is 45.2 Å². The summed E-state index contributed by atoms with van der Waals surface area (Å²) in [5.41, 5.74) is 0.846. The molecule has 20 heavy (non-hydrogen) atoms. The van der Waals surface area contributed by atoms with Gasteiger partial charge in [-0.1, -0.05) is 0 Å². The molecule has 2 aromatic rings. The molecular formula is C14H23N5O. The molecule has 0 bridgehead atoms. The highest BCUT2D eigenvalue weighted by atomic mass is 16.3. The minimum atomic E-state index is 0.181. The Balaban J connectivity index is 2.45. The number of hydrogen-bond acceptors (Lipinski definition) is 5. The van der Waals surface area contributed by atoms with Crippen LogP contribution in [0.1, 0.15) is 27.2 Å². The lowest BCUT2D eigenvalue weighted by Gasteiger charge is -2.28. The molecule has 0 aromatic carbocycles. The number of rotatable bonds is 7. The minimum Gasteiger partial charge on any atom is -0.396 e. The number of hydrogen-bond donors (Lipinski definition) is 2. The van der Waals surface area contributed by atoms with Crippen molar-refractivity contribution in [2.24, 2.45) is 0 Å². The van der Waals surface area contributed by atoms with Gasteiger partial charge in [0.1, 0.15) is 5.82 Å². The van der Waals surface area contributed by atoms with Gasteiger partial charge in [0, 0.05) is 38.1 Å². The second kappa shape index (κ2) is 6.56. The molecule has 0 aliphatic heterocycles. The van der Waals surface area contributed by atoms with Crippen LogP contribution in [-0.2, 0) is 0 Å². The van der Waals surface area contributed by atoms with E-state index >= 15 is 0 Å². The summed E-state index contributed by atoms with van der Waals surface area (Å²) in [6.07, 6.45) is 6.37. The molecule has 2 N–H and O–H groups in total. The third-order valence-corrected chi connectivity index (χ3v) is 3.17. The normalized spacial score (nSPS) is 11.2. The Morgan fingerprint density at radius 2 is 2.25 bits per heavy atom. The molecule has 0 spiro atoms. The second-order valence-electron chi connectivity index (χ2n) is 5.00. The molecule has 0 saturated carbocycles. The number of aliphatic hydroxyl groups excluding tert-OH is 1. The van der Waals surface area contributed by atoms with Gasteiger partial charge in [-0.3, -0.25) is 0 Å². The van der Waals surface area contributed by atoms with Crippen LogP contribution in [0.5, 0.6) is 0 Å². The Hall–Kier alpha value is -1.82. The van der Waals surface area contributed by atoms with Gasteiger partial charge in [-0.15, -0.1) is 0 Å². The highest BCUT2D eigenvalue weighted by molar-refractivity contribution is 5.67. The first kappa shape index (κ1) is 14.6. The van der Waals surface area contributed by atoms with Crippen molar-refractivity contribution in [2.45, 2.75) is 33.2 Å². The quantitative estimate of drug-likeness (QED) is 0.807. The van der Waals surface area contributed by atoms with E-state index in [2.05, 4.69) is 34.0 Å². The number of anilines is 2. The van der Waals surface area contributed by atoms with Crippen molar-refractivity contribution in [1.82, 2.24) is 14.4 Å². The van der Waals surface area contributed by atoms with Crippen LogP contribution >= 0.6 is 0 Å². The maximum atomic E-state index is 9.08. The molecule has 0 unspecified atom stereocenters. The Labute approximate surface area is 119 Å². The first-order valence-electron chi connectivity index (χ1n) is 7.12. The molecule has 110 valence electrons. The molecule has 0 fully saturated rings. The fourth-order valence-electron chi connectivity index (χ4n) is 2.22. The average molecular weight is 277 g/mol. The van der Waals surface area contributed by atoms with Crippen molar-refractivity contribution in [3.8, 4) is 0 Å². The number of aromatic nitrogens is 3. The molecule has 6 heteroatoms. The molecule has 0 aliphatic carbocycles. The van der Waals surface area contributed by atoms with E-state index in [0.717, 1.165) is 36.8 Å². The van der Waals surface area contributed by atoms with Crippen LogP contribution in [0.3, 0.4) is 0 Å². The largest absolute Gasteiger partial charge is 0.396 e. The van der Waals surface area contributed by atoms with Gasteiger partial charge in [-0.2, -0.15) is 0 Å². The predicted molar refractivity (Wildman–Crippen MR) is 81.3 cm³/mol. The van der Waals surface area contributed by atoms with E-state index in [4.69, 9.17) is 5.11 Å². The summed E-state index contributed by atoms with van der Waals surface area (Å²) in [5, 5.41) is 12.3. The minimum absolute atomic E-state index is 0.181. The molecule has 2 rings (SSSR count). The van der Waals surface area contributed by atoms with Crippen LogP contribution in [0.25, 0.3) is 5.65 Å². The van der Waals surface area contributed by atoms with Crippen LogP contribution in [0.15, 0.2) is 18.6 Å². The highest BCUT2D eigenvalue weighted by Crippen LogP contribution is 2.22. The topological polar surface area (TPSA) is 65.7 Å². The van der Waals surface area contributed by atoms with E-state index in [0.29, 0.717) is 6.04 Å². The molecule has 0 amide bonds. The van der Waals surface area contributed by atoms with Crippen molar-refractivity contribution in [3.05, 3.63) is 18.6 Å². The van der Waals surface area contributed by atoms with Gasteiger partial charge in [0.05, 0.1) is 6.20 Å². The van der Waals surface area contributed by atoms with Gasteiger partial charge < -0.3 is 19.7 Å². The van der Waals surface area contributed by atoms with Crippen molar-refractivity contribution in [2.75, 3.05) is 29.9 Å². The summed E-state index contributed by atoms with van der Waals surface area (Å²) in [4.78, 5) is 11.3. The number of imidazole rings is 1. The van der Waals surface area contributed by atoms with Gasteiger partial charge >= 0.3 is 0 Å². The van der Waals surface area contributed by atoms with Gasteiger partial charge in [-0.05, 0) is 27.2 Å². The first-order chi connectivity index (χ1) is 9.67. The highest BCUT2D eigenvalue weighted by Gasteiger charge is 2.17. The third-order valence-electron chi connectivity index (χ3n) is 3.17. The van der Waals surface area contributed by atoms with E-state index in [-0.39, 0.29) is 6.61 Å². The molecule has 0 atom stereocenters. The summed E-state index contributed by atoms with van der Waals surface area (Å²) >= 11 is 0. The van der Waals surface area contributed by atoms with Crippen molar-refractivity contribution in [3.63, 3.8) is 0 Å². The van der Waals surface area contributed by atoms with Gasteiger partial charge in [-0.25, -0.2) is 9.97 Å². The first-order valence-corrected chi connectivity index (χ1v) is 7.12. The molecule has 0 aliphatic rings. The zero-order valence-corrected chi connectivity index (χ0v) is 12.4. The number of fused-ring (bicyclic) bond motifs is 1. The van der Waals surface area contributed by atoms with E-state index < -0.39 is 0 Å². The molecule has 6 nitrogen and oxygen atoms in total. The number of nitrogens with zero attached hydrogens (tertiary/aromatic N) is 4. The van der Waals surface area contributed by atoms with Gasteiger partial charge in [0.25, 0.3) is 0 Å². The lowest BCUT2D eigenvalue weighted by atomic mass is 10.3. The summed E-state index contributed by atoms with van der Waals surface area (Å²) in [5.74, 6) is 1.69. The summed E-state index contributed by atoms with van der Waals surface area (Å²) in [6, 6.07) is 0.298. The maximum Gasteiger partial charge on any atom is 0.180 e. The molecule has 0 saturated heterocycles. The Bertz CT molecular complexity index is 551. The lowest BCUT2D eigenvalue weighted by Crippen LogP contribution is -2.33. The Morgan fingerprint density at radius 3 is 2.90 bits per heavy atom. The van der Waals surface area contributed by atoms with Gasteiger partial charge in [0.2, 0.25) is 0 Å². The second-order valence-corrected chi connectivity index (χ2v) is 5.00. The average Bonchev–Trinajstić information content (AvgIpc) is 2.87. The van der Waals surface area contributed by atoms with E-state index in [9.17, 15) is 0 Å². The van der Waals surface area contributed by atoms with E-state index in [1.165, 1.54) is 0 Å². The van der Waals surface area contributed by atoms with Crippen LogP contribution in [0.4, 0.5) is 11.6 Å². The SMILES string of the molecule is CCNc1cn2ccnc2c(N(CCCO)C(C)C)n1. The van der Waals surface area contributed by atoms with E-state index in [1.807, 2.05) is 23.7 Å². The monoisotopic (exact) mass is 277 g/mol. The fraction of sp³-hybridized carbons (Fsp3) is 0.571. The predicted octanol–water partition coefficient (Wildman–Crippen LogP) is 1.76. The molecule has 2 heterocycles. The standard InChI is InChI=1S/C14H23N5O/c1-4-15-12-10-18-8-6-16-13(18)14(17-12)19(11(2)3)7-5-9-20/h6,8,10-11,15,20H,4-5,7,9H2,1-3H3. The number of aliphatic hydroxyl groups is 1. The smallest absolute Gasteiger partial charge is 0.180 e. The fourth-order valence-corrected chi connectivity index (χ4v) is 2.22. The van der Waals surface area contributed by atoms with Crippen LogP contribution < -0.4 is 10.2 Å². The van der Waals surface area contributed by atoms with Crippen molar-refractivity contribution < 1.29 is 5.11 Å². The maximum absolute atomic E-state index is 9.08. The third kappa shape index (κ3) is 3.01. The van der Waals surface area contributed by atoms with E-state index in [1.54, 1.807) is 6.20 Å². The lowest BCUT2D eigenvalue weighted by molar-refractivity contribution is 0.288. The zero-order chi connectivity index (χ0) is 14.5. The van der Waals surface area contributed by atoms with Gasteiger partial charge in [0.15, 0.2) is 11.5 Å². The van der Waals surface area contributed by atoms with Crippen LogP contribution in [0, 0.1) is 0 Å². The molecule has 0 radical (unpaired) electrons. The van der Waals surface area contributed by atoms with Crippen molar-refractivity contribution in [1.29, 1.82) is 0 Å².